The minimum absolute atomic E-state index is 0.147. The van der Waals surface area contributed by atoms with Crippen LogP contribution in [-0.2, 0) is 6.54 Å². The maximum Gasteiger partial charge on any atom is 0.255 e. The minimum Gasteiger partial charge on any atom is -0.336 e. The molecule has 1 saturated heterocycles. The number of pyridine rings is 1. The summed E-state index contributed by atoms with van der Waals surface area (Å²) in [6.07, 6.45) is 3.65. The van der Waals surface area contributed by atoms with Crippen LogP contribution in [0.1, 0.15) is 15.9 Å². The van der Waals surface area contributed by atoms with Gasteiger partial charge in [-0.15, -0.1) is 0 Å². The largest absolute Gasteiger partial charge is 0.336 e. The molecule has 0 atom stereocenters. The van der Waals surface area contributed by atoms with E-state index in [0.29, 0.717) is 0 Å². The van der Waals surface area contributed by atoms with Crippen molar-refractivity contribution in [2.45, 2.75) is 6.54 Å². The van der Waals surface area contributed by atoms with E-state index < -0.39 is 0 Å². The number of hydrogen-bond donors (Lipinski definition) is 0. The highest BCUT2D eigenvalue weighted by Gasteiger charge is 2.23. The number of nitrogens with zero attached hydrogens (tertiary/aromatic N) is 3. The zero-order valence-electron chi connectivity index (χ0n) is 12.3. The van der Waals surface area contributed by atoms with Crippen molar-refractivity contribution in [3.05, 3.63) is 63.5 Å². The van der Waals surface area contributed by atoms with Crippen molar-refractivity contribution in [3.8, 4) is 0 Å². The molecule has 3 rings (SSSR count). The normalized spacial score (nSPS) is 15.8. The highest BCUT2D eigenvalue weighted by Crippen LogP contribution is 2.16. The Morgan fingerprint density at radius 1 is 1.05 bits per heavy atom. The van der Waals surface area contributed by atoms with E-state index in [1.54, 1.807) is 0 Å². The van der Waals surface area contributed by atoms with Gasteiger partial charge in [0.1, 0.15) is 0 Å². The Kier molecular flexibility index (Phi) is 5.04. The predicted molar refractivity (Wildman–Crippen MR) is 94.6 cm³/mol. The third kappa shape index (κ3) is 3.64. The average Bonchev–Trinajstić information content (AvgIpc) is 2.56. The Bertz CT molecular complexity index is 639. The van der Waals surface area contributed by atoms with Gasteiger partial charge in [0, 0.05) is 48.7 Å². The van der Waals surface area contributed by atoms with E-state index in [9.17, 15) is 4.79 Å². The number of carbonyl (C=O) groups excluding carboxylic acids is 1. The number of amides is 1. The Labute approximate surface area is 144 Å². The van der Waals surface area contributed by atoms with Gasteiger partial charge in [0.2, 0.25) is 0 Å². The molecule has 0 radical (unpaired) electrons. The SMILES string of the molecule is O=C(c1ccccc1I)N1CCN(Cc2ccncc2)CC1. The van der Waals surface area contributed by atoms with Crippen LogP contribution in [0, 0.1) is 3.57 Å². The Hall–Kier alpha value is -1.47. The molecular formula is C17H18IN3O. The second-order valence-corrected chi connectivity index (χ2v) is 6.57. The first-order valence-corrected chi connectivity index (χ1v) is 8.47. The summed E-state index contributed by atoms with van der Waals surface area (Å²) in [5.41, 5.74) is 2.08. The summed E-state index contributed by atoms with van der Waals surface area (Å²) in [4.78, 5) is 21.0. The first-order valence-electron chi connectivity index (χ1n) is 7.39. The first kappa shape index (κ1) is 15.4. The molecule has 1 amide bonds. The molecule has 5 heteroatoms. The topological polar surface area (TPSA) is 36.4 Å². The molecule has 0 bridgehead atoms. The van der Waals surface area contributed by atoms with Gasteiger partial charge in [0.05, 0.1) is 5.56 Å². The quantitative estimate of drug-likeness (QED) is 0.735. The van der Waals surface area contributed by atoms with Gasteiger partial charge >= 0.3 is 0 Å². The Morgan fingerprint density at radius 2 is 1.73 bits per heavy atom. The Morgan fingerprint density at radius 3 is 2.41 bits per heavy atom. The third-order valence-electron chi connectivity index (χ3n) is 3.92. The maximum absolute atomic E-state index is 12.6. The molecule has 0 spiro atoms. The van der Waals surface area contributed by atoms with Crippen LogP contribution < -0.4 is 0 Å². The lowest BCUT2D eigenvalue weighted by molar-refractivity contribution is 0.0627. The van der Waals surface area contributed by atoms with Gasteiger partial charge in [-0.1, -0.05) is 12.1 Å². The zero-order valence-corrected chi connectivity index (χ0v) is 14.4. The standard InChI is InChI=1S/C17H18IN3O/c18-16-4-2-1-3-15(16)17(22)21-11-9-20(10-12-21)13-14-5-7-19-8-6-14/h1-8H,9-13H2. The molecule has 2 heterocycles. The highest BCUT2D eigenvalue weighted by atomic mass is 127. The summed E-state index contributed by atoms with van der Waals surface area (Å²) in [6.45, 7) is 4.33. The molecule has 114 valence electrons. The van der Waals surface area contributed by atoms with Crippen molar-refractivity contribution in [1.82, 2.24) is 14.8 Å². The number of rotatable bonds is 3. The average molecular weight is 407 g/mol. The molecule has 1 aromatic carbocycles. The molecule has 0 aliphatic carbocycles. The summed E-state index contributed by atoms with van der Waals surface area (Å²) in [6, 6.07) is 11.9. The highest BCUT2D eigenvalue weighted by molar-refractivity contribution is 14.1. The minimum atomic E-state index is 0.147. The van der Waals surface area contributed by atoms with E-state index in [1.807, 2.05) is 53.7 Å². The van der Waals surface area contributed by atoms with Crippen LogP contribution in [0.5, 0.6) is 0 Å². The predicted octanol–water partition coefficient (Wildman–Crippen LogP) is 2.64. The summed E-state index contributed by atoms with van der Waals surface area (Å²) < 4.78 is 1.02. The fourth-order valence-electron chi connectivity index (χ4n) is 2.66. The lowest BCUT2D eigenvalue weighted by Gasteiger charge is -2.35. The van der Waals surface area contributed by atoms with E-state index in [4.69, 9.17) is 0 Å². The van der Waals surface area contributed by atoms with E-state index in [-0.39, 0.29) is 5.91 Å². The van der Waals surface area contributed by atoms with Crippen LogP contribution in [0.4, 0.5) is 0 Å². The van der Waals surface area contributed by atoms with Crippen molar-refractivity contribution in [3.63, 3.8) is 0 Å². The molecule has 0 saturated carbocycles. The lowest BCUT2D eigenvalue weighted by atomic mass is 10.1. The molecule has 2 aromatic rings. The van der Waals surface area contributed by atoms with Gasteiger partial charge in [-0.3, -0.25) is 14.7 Å². The zero-order chi connectivity index (χ0) is 15.4. The van der Waals surface area contributed by atoms with Crippen LogP contribution in [-0.4, -0.2) is 46.9 Å². The lowest BCUT2D eigenvalue weighted by Crippen LogP contribution is -2.48. The van der Waals surface area contributed by atoms with Gasteiger partial charge in [-0.05, 0) is 52.4 Å². The number of hydrogen-bond acceptors (Lipinski definition) is 3. The number of benzene rings is 1. The summed E-state index contributed by atoms with van der Waals surface area (Å²) in [5, 5.41) is 0. The third-order valence-corrected chi connectivity index (χ3v) is 4.86. The van der Waals surface area contributed by atoms with Gasteiger partial charge in [0.15, 0.2) is 0 Å². The van der Waals surface area contributed by atoms with Crippen LogP contribution in [0.15, 0.2) is 48.8 Å². The van der Waals surface area contributed by atoms with Crippen molar-refractivity contribution in [2.75, 3.05) is 26.2 Å². The molecule has 1 aliphatic rings. The van der Waals surface area contributed by atoms with Gasteiger partial charge in [-0.25, -0.2) is 0 Å². The molecule has 1 aliphatic heterocycles. The molecular weight excluding hydrogens is 389 g/mol. The van der Waals surface area contributed by atoms with Crippen LogP contribution in [0.3, 0.4) is 0 Å². The number of piperazine rings is 1. The maximum atomic E-state index is 12.6. The Balaban J connectivity index is 1.58. The number of aromatic nitrogens is 1. The van der Waals surface area contributed by atoms with Crippen LogP contribution >= 0.6 is 22.6 Å². The molecule has 0 unspecified atom stereocenters. The molecule has 22 heavy (non-hydrogen) atoms. The summed E-state index contributed by atoms with van der Waals surface area (Å²) in [5.74, 6) is 0.147. The van der Waals surface area contributed by atoms with Crippen molar-refractivity contribution in [2.24, 2.45) is 0 Å². The second kappa shape index (κ2) is 7.19. The van der Waals surface area contributed by atoms with E-state index >= 15 is 0 Å². The van der Waals surface area contributed by atoms with Crippen LogP contribution in [0.2, 0.25) is 0 Å². The fraction of sp³-hybridized carbons (Fsp3) is 0.294. The van der Waals surface area contributed by atoms with Gasteiger partial charge in [0.25, 0.3) is 5.91 Å². The molecule has 0 N–H and O–H groups in total. The fourth-order valence-corrected chi connectivity index (χ4v) is 3.28. The van der Waals surface area contributed by atoms with E-state index in [2.05, 4.69) is 32.5 Å². The van der Waals surface area contributed by atoms with E-state index in [0.717, 1.165) is 41.9 Å². The second-order valence-electron chi connectivity index (χ2n) is 5.40. The summed E-state index contributed by atoms with van der Waals surface area (Å²) >= 11 is 2.23. The van der Waals surface area contributed by atoms with Crippen molar-refractivity contribution >= 4 is 28.5 Å². The van der Waals surface area contributed by atoms with Crippen LogP contribution in [0.25, 0.3) is 0 Å². The molecule has 1 fully saturated rings. The number of halogens is 1. The first-order chi connectivity index (χ1) is 10.7. The summed E-state index contributed by atoms with van der Waals surface area (Å²) in [7, 11) is 0. The monoisotopic (exact) mass is 407 g/mol. The molecule has 4 nitrogen and oxygen atoms in total. The molecule has 1 aromatic heterocycles. The van der Waals surface area contributed by atoms with Crippen molar-refractivity contribution < 1.29 is 4.79 Å². The number of carbonyl (C=O) groups is 1. The van der Waals surface area contributed by atoms with Crippen molar-refractivity contribution in [1.29, 1.82) is 0 Å². The van der Waals surface area contributed by atoms with Gasteiger partial charge < -0.3 is 4.90 Å². The van der Waals surface area contributed by atoms with Gasteiger partial charge in [-0.2, -0.15) is 0 Å². The van der Waals surface area contributed by atoms with E-state index in [1.165, 1.54) is 5.56 Å². The smallest absolute Gasteiger partial charge is 0.255 e.